The van der Waals surface area contributed by atoms with Gasteiger partial charge in [0.1, 0.15) is 11.8 Å². The van der Waals surface area contributed by atoms with Crippen molar-refractivity contribution in [3.63, 3.8) is 0 Å². The minimum absolute atomic E-state index is 0.107. The van der Waals surface area contributed by atoms with Gasteiger partial charge in [-0.1, -0.05) is 37.1 Å². The molecule has 1 amide bonds. The highest BCUT2D eigenvalue weighted by atomic mass is 16.5. The molecule has 1 aromatic carbocycles. The van der Waals surface area contributed by atoms with E-state index in [1.165, 1.54) is 0 Å². The van der Waals surface area contributed by atoms with Crippen molar-refractivity contribution in [2.24, 2.45) is 0 Å². The summed E-state index contributed by atoms with van der Waals surface area (Å²) in [6.45, 7) is 2.92. The molecule has 1 aliphatic rings. The fourth-order valence-electron chi connectivity index (χ4n) is 3.41. The number of methoxy groups -OCH3 is 1. The Labute approximate surface area is 154 Å². The molecule has 0 aliphatic carbocycles. The van der Waals surface area contributed by atoms with Gasteiger partial charge < -0.3 is 14.2 Å². The van der Waals surface area contributed by atoms with Crippen molar-refractivity contribution >= 4 is 5.91 Å². The van der Waals surface area contributed by atoms with Crippen LogP contribution in [-0.4, -0.2) is 34.6 Å². The first kappa shape index (κ1) is 18.4. The van der Waals surface area contributed by atoms with E-state index in [0.29, 0.717) is 18.1 Å². The van der Waals surface area contributed by atoms with Gasteiger partial charge in [0.05, 0.1) is 7.11 Å². The molecule has 0 radical (unpaired) electrons. The lowest BCUT2D eigenvalue weighted by Crippen LogP contribution is -2.38. The van der Waals surface area contributed by atoms with Crippen LogP contribution in [0.3, 0.4) is 0 Å². The molecular weight excluding hydrogens is 330 g/mol. The number of hydrogen-bond acceptors (Lipinski definition) is 5. The molecule has 1 saturated heterocycles. The Morgan fingerprint density at radius 1 is 1.35 bits per heavy atom. The predicted octanol–water partition coefficient (Wildman–Crippen LogP) is 4.38. The van der Waals surface area contributed by atoms with Crippen LogP contribution in [0.1, 0.15) is 63.8 Å². The highest BCUT2D eigenvalue weighted by Gasteiger charge is 2.31. The van der Waals surface area contributed by atoms with E-state index in [0.717, 1.165) is 56.4 Å². The van der Waals surface area contributed by atoms with Crippen LogP contribution in [0, 0.1) is 0 Å². The molecule has 1 fully saturated rings. The number of amides is 1. The van der Waals surface area contributed by atoms with Crippen molar-refractivity contribution in [3.8, 4) is 17.1 Å². The highest BCUT2D eigenvalue weighted by molar-refractivity contribution is 5.76. The van der Waals surface area contributed by atoms with Gasteiger partial charge in [-0.05, 0) is 37.8 Å². The van der Waals surface area contributed by atoms with E-state index in [1.807, 2.05) is 29.2 Å². The number of likely N-dealkylation sites (tertiary alicyclic amines) is 1. The molecule has 1 atom stereocenters. The predicted molar refractivity (Wildman–Crippen MR) is 98.7 cm³/mol. The summed E-state index contributed by atoms with van der Waals surface area (Å²) in [7, 11) is 1.63. The van der Waals surface area contributed by atoms with Crippen molar-refractivity contribution in [1.29, 1.82) is 0 Å². The topological polar surface area (TPSA) is 68.5 Å². The minimum atomic E-state index is -0.107. The lowest BCUT2D eigenvalue weighted by atomic mass is 10.0. The molecule has 1 aliphatic heterocycles. The van der Waals surface area contributed by atoms with Gasteiger partial charge in [-0.25, -0.2) is 0 Å². The maximum Gasteiger partial charge on any atom is 0.249 e. The molecule has 3 rings (SSSR count). The summed E-state index contributed by atoms with van der Waals surface area (Å²) < 4.78 is 10.8. The normalized spacial score (nSPS) is 17.3. The third kappa shape index (κ3) is 4.23. The summed E-state index contributed by atoms with van der Waals surface area (Å²) in [5.41, 5.74) is 0.844. The number of carbonyl (C=O) groups excluding carboxylic acids is 1. The Kier molecular flexibility index (Phi) is 6.26. The summed E-state index contributed by atoms with van der Waals surface area (Å²) in [5, 5.41) is 4.13. The first-order valence-corrected chi connectivity index (χ1v) is 9.50. The summed E-state index contributed by atoms with van der Waals surface area (Å²) in [6, 6.07) is 7.47. The number of piperidine rings is 1. The number of rotatable bonds is 7. The second-order valence-corrected chi connectivity index (χ2v) is 6.74. The molecule has 2 heterocycles. The van der Waals surface area contributed by atoms with E-state index >= 15 is 0 Å². The minimum Gasteiger partial charge on any atom is -0.497 e. The van der Waals surface area contributed by atoms with Gasteiger partial charge in [0.15, 0.2) is 0 Å². The molecule has 6 nitrogen and oxygen atoms in total. The Bertz CT molecular complexity index is 729. The maximum atomic E-state index is 12.6. The second kappa shape index (κ2) is 8.83. The molecule has 0 bridgehead atoms. The largest absolute Gasteiger partial charge is 0.497 e. The second-order valence-electron chi connectivity index (χ2n) is 6.74. The summed E-state index contributed by atoms with van der Waals surface area (Å²) in [5.74, 6) is 2.01. The molecule has 2 aromatic rings. The fourth-order valence-corrected chi connectivity index (χ4v) is 3.41. The van der Waals surface area contributed by atoms with Gasteiger partial charge >= 0.3 is 0 Å². The Morgan fingerprint density at radius 3 is 3.04 bits per heavy atom. The van der Waals surface area contributed by atoms with Crippen LogP contribution in [0.5, 0.6) is 5.75 Å². The lowest BCUT2D eigenvalue weighted by molar-refractivity contribution is -0.135. The third-order valence-electron chi connectivity index (χ3n) is 4.87. The van der Waals surface area contributed by atoms with E-state index in [1.54, 1.807) is 7.11 Å². The van der Waals surface area contributed by atoms with Crippen LogP contribution in [0.4, 0.5) is 0 Å². The van der Waals surface area contributed by atoms with Crippen LogP contribution in [0.25, 0.3) is 11.4 Å². The van der Waals surface area contributed by atoms with Crippen LogP contribution in [-0.2, 0) is 4.79 Å². The highest BCUT2D eigenvalue weighted by Crippen LogP contribution is 2.32. The Hall–Kier alpha value is -2.37. The zero-order valence-corrected chi connectivity index (χ0v) is 15.6. The number of aromatic nitrogens is 2. The number of nitrogens with zero attached hydrogens (tertiary/aromatic N) is 3. The molecular formula is C20H27N3O3. The Balaban J connectivity index is 1.76. The average Bonchev–Trinajstić information content (AvgIpc) is 3.18. The van der Waals surface area contributed by atoms with Gasteiger partial charge in [-0.15, -0.1) is 0 Å². The SMILES string of the molecule is CCCCCC(=O)N1CCCC[C@@H]1c1nc(-c2cccc(OC)c2)no1. The lowest BCUT2D eigenvalue weighted by Gasteiger charge is -2.33. The number of benzene rings is 1. The van der Waals surface area contributed by atoms with E-state index in [2.05, 4.69) is 17.1 Å². The van der Waals surface area contributed by atoms with Gasteiger partial charge in [0.25, 0.3) is 0 Å². The van der Waals surface area contributed by atoms with E-state index in [9.17, 15) is 4.79 Å². The molecule has 1 aromatic heterocycles. The maximum absolute atomic E-state index is 12.6. The van der Waals surface area contributed by atoms with Crippen LogP contribution < -0.4 is 4.74 Å². The first-order valence-electron chi connectivity index (χ1n) is 9.50. The number of unbranched alkanes of at least 4 members (excludes halogenated alkanes) is 2. The van der Waals surface area contributed by atoms with Crippen molar-refractivity contribution in [2.75, 3.05) is 13.7 Å². The molecule has 0 saturated carbocycles. The summed E-state index contributed by atoms with van der Waals surface area (Å²) in [4.78, 5) is 19.2. The quantitative estimate of drug-likeness (QED) is 0.688. The standard InChI is InChI=1S/C20H27N3O3/c1-3-4-5-12-18(24)23-13-7-6-11-17(23)20-21-19(22-26-20)15-9-8-10-16(14-15)25-2/h8-10,14,17H,3-7,11-13H2,1-2H3/t17-/m1/s1. The number of carbonyl (C=O) groups is 1. The molecule has 140 valence electrons. The number of ether oxygens (including phenoxy) is 1. The van der Waals surface area contributed by atoms with Crippen LogP contribution in [0.2, 0.25) is 0 Å². The molecule has 0 N–H and O–H groups in total. The molecule has 0 unspecified atom stereocenters. The zero-order chi connectivity index (χ0) is 18.4. The van der Waals surface area contributed by atoms with Crippen LogP contribution in [0.15, 0.2) is 28.8 Å². The van der Waals surface area contributed by atoms with Gasteiger partial charge in [0.2, 0.25) is 17.6 Å². The van der Waals surface area contributed by atoms with Crippen LogP contribution >= 0.6 is 0 Å². The number of hydrogen-bond donors (Lipinski definition) is 0. The monoisotopic (exact) mass is 357 g/mol. The van der Waals surface area contributed by atoms with Crippen molar-refractivity contribution in [1.82, 2.24) is 15.0 Å². The molecule has 26 heavy (non-hydrogen) atoms. The average molecular weight is 357 g/mol. The van der Waals surface area contributed by atoms with E-state index < -0.39 is 0 Å². The fraction of sp³-hybridized carbons (Fsp3) is 0.550. The van der Waals surface area contributed by atoms with Crippen molar-refractivity contribution in [2.45, 2.75) is 57.9 Å². The van der Waals surface area contributed by atoms with E-state index in [4.69, 9.17) is 9.26 Å². The zero-order valence-electron chi connectivity index (χ0n) is 15.6. The van der Waals surface area contributed by atoms with Crippen molar-refractivity contribution in [3.05, 3.63) is 30.2 Å². The van der Waals surface area contributed by atoms with Gasteiger partial charge in [0, 0.05) is 18.5 Å². The summed E-state index contributed by atoms with van der Waals surface area (Å²) in [6.07, 6.45) is 6.72. The van der Waals surface area contributed by atoms with Gasteiger partial charge in [-0.3, -0.25) is 4.79 Å². The first-order chi connectivity index (χ1) is 12.7. The summed E-state index contributed by atoms with van der Waals surface area (Å²) >= 11 is 0. The third-order valence-corrected chi connectivity index (χ3v) is 4.87. The Morgan fingerprint density at radius 2 is 2.23 bits per heavy atom. The van der Waals surface area contributed by atoms with E-state index in [-0.39, 0.29) is 11.9 Å². The van der Waals surface area contributed by atoms with Crippen molar-refractivity contribution < 1.29 is 14.1 Å². The molecule has 6 heteroatoms. The van der Waals surface area contributed by atoms with Gasteiger partial charge in [-0.2, -0.15) is 4.98 Å². The molecule has 0 spiro atoms. The smallest absolute Gasteiger partial charge is 0.249 e.